The van der Waals surface area contributed by atoms with Crippen LogP contribution in [0.15, 0.2) is 12.3 Å². The second-order valence-corrected chi connectivity index (χ2v) is 5.91. The summed E-state index contributed by atoms with van der Waals surface area (Å²) in [5, 5.41) is 2.73. The van der Waals surface area contributed by atoms with Crippen molar-refractivity contribution >= 4 is 30.3 Å². The molecule has 1 aromatic rings. The van der Waals surface area contributed by atoms with Gasteiger partial charge >= 0.3 is 6.09 Å². The molecule has 0 aliphatic carbocycles. The third-order valence-electron chi connectivity index (χ3n) is 3.23. The maximum absolute atomic E-state index is 11.8. The Labute approximate surface area is 128 Å². The number of anilines is 1. The van der Waals surface area contributed by atoms with E-state index in [1.165, 1.54) is 0 Å². The van der Waals surface area contributed by atoms with Gasteiger partial charge in [-0.25, -0.2) is 4.79 Å². The number of hydrogen-bond acceptors (Lipinski definition) is 5. The maximum atomic E-state index is 11.8. The van der Waals surface area contributed by atoms with Crippen LogP contribution in [0.1, 0.15) is 30.8 Å². The molecule has 1 aromatic heterocycles. The Morgan fingerprint density at radius 2 is 2.29 bits per heavy atom. The Hall–Kier alpha value is -1.83. The Morgan fingerprint density at radius 1 is 1.57 bits per heavy atom. The molecule has 2 atom stereocenters. The van der Waals surface area contributed by atoms with Crippen LogP contribution < -0.4 is 16.0 Å². The van der Waals surface area contributed by atoms with E-state index in [0.717, 1.165) is 5.69 Å². The Kier molecular flexibility index (Phi) is 4.66. The summed E-state index contributed by atoms with van der Waals surface area (Å²) in [6, 6.07) is 1.80. The minimum absolute atomic E-state index is 0.206. The van der Waals surface area contributed by atoms with Crippen LogP contribution >= 0.6 is 12.6 Å². The standard InChI is InChI=1S/C13H20N4O3S/c1-7(2)5-8(20-12(14)19)6-17-9-3-4-15-10(9)11(18)16-13(17)21/h3-4,7-8,13,15,21H,5-6H2,1-2H3,(H2,14,19)(H,16,18)/t8-,13?/m0/s1. The highest BCUT2D eigenvalue weighted by atomic mass is 32.1. The number of carbonyl (C=O) groups excluding carboxylic acids is 2. The predicted molar refractivity (Wildman–Crippen MR) is 82.3 cm³/mol. The van der Waals surface area contributed by atoms with Gasteiger partial charge < -0.3 is 25.7 Å². The molecule has 1 aliphatic heterocycles. The Balaban J connectivity index is 2.17. The highest BCUT2D eigenvalue weighted by molar-refractivity contribution is 7.81. The molecular weight excluding hydrogens is 292 g/mol. The number of carbonyl (C=O) groups is 2. The molecule has 8 heteroatoms. The van der Waals surface area contributed by atoms with Crippen LogP contribution in [0.5, 0.6) is 0 Å². The quantitative estimate of drug-likeness (QED) is 0.615. The van der Waals surface area contributed by atoms with Crippen molar-refractivity contribution in [1.82, 2.24) is 10.3 Å². The van der Waals surface area contributed by atoms with Gasteiger partial charge in [-0.3, -0.25) is 4.79 Å². The third kappa shape index (κ3) is 3.63. The first-order valence-corrected chi connectivity index (χ1v) is 7.29. The molecule has 0 radical (unpaired) electrons. The van der Waals surface area contributed by atoms with Crippen LogP contribution in [-0.4, -0.2) is 35.1 Å². The van der Waals surface area contributed by atoms with Gasteiger partial charge in [-0.15, -0.1) is 12.6 Å². The van der Waals surface area contributed by atoms with Crippen LogP contribution in [0.25, 0.3) is 0 Å². The number of nitrogens with two attached hydrogens (primary N) is 1. The predicted octanol–water partition coefficient (Wildman–Crippen LogP) is 1.29. The molecule has 2 amide bonds. The molecule has 7 nitrogen and oxygen atoms in total. The van der Waals surface area contributed by atoms with Gasteiger partial charge in [0.05, 0.1) is 12.2 Å². The summed E-state index contributed by atoms with van der Waals surface area (Å²) in [7, 11) is 0. The van der Waals surface area contributed by atoms with Gasteiger partial charge in [0.2, 0.25) is 0 Å². The van der Waals surface area contributed by atoms with Crippen molar-refractivity contribution in [3.63, 3.8) is 0 Å². The number of nitrogens with zero attached hydrogens (tertiary/aromatic N) is 1. The lowest BCUT2D eigenvalue weighted by Crippen LogP contribution is -2.52. The van der Waals surface area contributed by atoms with Gasteiger partial charge in [-0.05, 0) is 18.4 Å². The second-order valence-electron chi connectivity index (χ2n) is 5.43. The second kappa shape index (κ2) is 6.30. The fourth-order valence-electron chi connectivity index (χ4n) is 2.45. The minimum atomic E-state index is -0.799. The zero-order valence-corrected chi connectivity index (χ0v) is 12.9. The van der Waals surface area contributed by atoms with E-state index >= 15 is 0 Å². The Bertz CT molecular complexity index is 531. The fraction of sp³-hybridized carbons (Fsp3) is 0.538. The lowest BCUT2D eigenvalue weighted by Gasteiger charge is -2.36. The first kappa shape index (κ1) is 15.6. The number of primary amides is 1. The average molecular weight is 312 g/mol. The number of nitrogens with one attached hydrogen (secondary N) is 2. The molecule has 116 valence electrons. The fourth-order valence-corrected chi connectivity index (χ4v) is 2.78. The van der Waals surface area contributed by atoms with Crippen LogP contribution in [-0.2, 0) is 4.74 Å². The number of rotatable bonds is 5. The summed E-state index contributed by atoms with van der Waals surface area (Å²) in [6.07, 6.45) is 1.20. The number of aromatic nitrogens is 1. The summed E-state index contributed by atoms with van der Waals surface area (Å²) >= 11 is 4.38. The summed E-state index contributed by atoms with van der Waals surface area (Å²) < 4.78 is 5.17. The lowest BCUT2D eigenvalue weighted by atomic mass is 10.1. The molecule has 0 spiro atoms. The van der Waals surface area contributed by atoms with Crippen molar-refractivity contribution in [1.29, 1.82) is 0 Å². The zero-order valence-electron chi connectivity index (χ0n) is 12.0. The third-order valence-corrected chi connectivity index (χ3v) is 3.64. The van der Waals surface area contributed by atoms with Crippen LogP contribution in [0, 0.1) is 5.92 Å². The summed E-state index contributed by atoms with van der Waals surface area (Å²) in [4.78, 5) is 27.6. The molecule has 0 bridgehead atoms. The number of thiol groups is 1. The lowest BCUT2D eigenvalue weighted by molar-refractivity contribution is 0.0891. The highest BCUT2D eigenvalue weighted by Gasteiger charge is 2.32. The van der Waals surface area contributed by atoms with E-state index in [1.807, 2.05) is 18.7 Å². The van der Waals surface area contributed by atoms with Crippen LogP contribution in [0.4, 0.5) is 10.5 Å². The number of fused-ring (bicyclic) bond motifs is 1. The molecule has 2 heterocycles. The van der Waals surface area contributed by atoms with E-state index in [4.69, 9.17) is 10.5 Å². The normalized spacial score (nSPS) is 19.1. The van der Waals surface area contributed by atoms with Gasteiger partial charge in [0.15, 0.2) is 0 Å². The molecular formula is C13H20N4O3S. The van der Waals surface area contributed by atoms with Crippen molar-refractivity contribution in [2.45, 2.75) is 31.9 Å². The van der Waals surface area contributed by atoms with Crippen molar-refractivity contribution in [3.05, 3.63) is 18.0 Å². The maximum Gasteiger partial charge on any atom is 0.404 e. The Morgan fingerprint density at radius 3 is 2.90 bits per heavy atom. The highest BCUT2D eigenvalue weighted by Crippen LogP contribution is 2.27. The minimum Gasteiger partial charge on any atom is -0.444 e. The SMILES string of the molecule is CC(C)C[C@@H](CN1c2cc[nH]c2C(=O)NC1S)OC(N)=O. The number of hydrogen-bond donors (Lipinski definition) is 4. The smallest absolute Gasteiger partial charge is 0.404 e. The van der Waals surface area contributed by atoms with E-state index in [9.17, 15) is 9.59 Å². The number of ether oxygens (including phenoxy) is 1. The van der Waals surface area contributed by atoms with Crippen LogP contribution in [0.3, 0.4) is 0 Å². The van der Waals surface area contributed by atoms with E-state index in [1.54, 1.807) is 12.3 Å². The molecule has 0 saturated heterocycles. The molecule has 1 aliphatic rings. The molecule has 0 aromatic carbocycles. The first-order chi connectivity index (χ1) is 9.88. The molecule has 0 saturated carbocycles. The van der Waals surface area contributed by atoms with Gasteiger partial charge in [0.1, 0.15) is 17.3 Å². The monoisotopic (exact) mass is 312 g/mol. The van der Waals surface area contributed by atoms with Crippen molar-refractivity contribution < 1.29 is 14.3 Å². The number of aromatic amines is 1. The molecule has 1 unspecified atom stereocenters. The van der Waals surface area contributed by atoms with Gasteiger partial charge in [-0.1, -0.05) is 13.8 Å². The average Bonchev–Trinajstić information content (AvgIpc) is 2.82. The number of amides is 2. The molecule has 4 N–H and O–H groups in total. The number of H-pyrrole nitrogens is 1. The van der Waals surface area contributed by atoms with Crippen molar-refractivity contribution in [2.24, 2.45) is 11.7 Å². The largest absolute Gasteiger partial charge is 0.444 e. The van der Waals surface area contributed by atoms with Gasteiger partial charge in [0.25, 0.3) is 5.91 Å². The first-order valence-electron chi connectivity index (χ1n) is 6.77. The van der Waals surface area contributed by atoms with Crippen molar-refractivity contribution in [3.8, 4) is 0 Å². The van der Waals surface area contributed by atoms with E-state index in [0.29, 0.717) is 24.6 Å². The van der Waals surface area contributed by atoms with E-state index in [-0.39, 0.29) is 12.0 Å². The van der Waals surface area contributed by atoms with E-state index in [2.05, 4.69) is 22.9 Å². The molecule has 2 rings (SSSR count). The summed E-state index contributed by atoms with van der Waals surface area (Å²) in [6.45, 7) is 4.48. The molecule has 21 heavy (non-hydrogen) atoms. The topological polar surface area (TPSA) is 100 Å². The summed E-state index contributed by atoms with van der Waals surface area (Å²) in [5.74, 6) is 0.139. The van der Waals surface area contributed by atoms with Gasteiger partial charge in [-0.2, -0.15) is 0 Å². The van der Waals surface area contributed by atoms with E-state index < -0.39 is 11.6 Å². The molecule has 0 fully saturated rings. The van der Waals surface area contributed by atoms with Crippen LogP contribution in [0.2, 0.25) is 0 Å². The van der Waals surface area contributed by atoms with Crippen molar-refractivity contribution in [2.75, 3.05) is 11.4 Å². The zero-order chi connectivity index (χ0) is 15.6. The van der Waals surface area contributed by atoms with Gasteiger partial charge in [0, 0.05) is 6.20 Å². The summed E-state index contributed by atoms with van der Waals surface area (Å²) in [5.41, 5.74) is 5.86.